The molecule has 0 aromatic carbocycles. The largest absolute Gasteiger partial charge is 0.347 e. The highest BCUT2D eigenvalue weighted by atomic mass is 35.5. The first-order valence-electron chi connectivity index (χ1n) is 4.24. The fraction of sp³-hybridized carbons (Fsp3) is 0.625. The topological polar surface area (TPSA) is 41.9 Å². The van der Waals surface area contributed by atoms with Crippen LogP contribution in [-0.4, -0.2) is 34.3 Å². The van der Waals surface area contributed by atoms with E-state index in [1.807, 2.05) is 14.1 Å². The van der Waals surface area contributed by atoms with Crippen LogP contribution in [0.4, 0.5) is 5.95 Å². The van der Waals surface area contributed by atoms with E-state index in [0.29, 0.717) is 16.4 Å². The highest BCUT2D eigenvalue weighted by Crippen LogP contribution is 2.21. The summed E-state index contributed by atoms with van der Waals surface area (Å²) in [5, 5.41) is 1.35. The molecule has 0 aliphatic rings. The molecule has 0 unspecified atom stereocenters. The van der Waals surface area contributed by atoms with E-state index < -0.39 is 0 Å². The van der Waals surface area contributed by atoms with E-state index in [-0.39, 0.29) is 5.28 Å². The molecule has 0 fully saturated rings. The van der Waals surface area contributed by atoms with E-state index in [0.717, 1.165) is 0 Å². The molecule has 0 atom stereocenters. The van der Waals surface area contributed by atoms with Crippen LogP contribution in [0.15, 0.2) is 5.16 Å². The molecular formula is C8H13ClN4S. The zero-order chi connectivity index (χ0) is 10.7. The molecule has 4 nitrogen and oxygen atoms in total. The molecule has 0 bridgehead atoms. The first-order chi connectivity index (χ1) is 6.49. The van der Waals surface area contributed by atoms with Crippen molar-refractivity contribution < 1.29 is 0 Å². The van der Waals surface area contributed by atoms with Gasteiger partial charge in [-0.3, -0.25) is 0 Å². The van der Waals surface area contributed by atoms with Gasteiger partial charge >= 0.3 is 0 Å². The number of hydrogen-bond acceptors (Lipinski definition) is 5. The van der Waals surface area contributed by atoms with Gasteiger partial charge in [-0.1, -0.05) is 25.6 Å². The molecule has 0 aliphatic carbocycles. The van der Waals surface area contributed by atoms with Gasteiger partial charge in [-0.2, -0.15) is 15.0 Å². The maximum absolute atomic E-state index is 5.78. The van der Waals surface area contributed by atoms with Crippen molar-refractivity contribution in [1.82, 2.24) is 15.0 Å². The van der Waals surface area contributed by atoms with Crippen molar-refractivity contribution in [2.24, 2.45) is 0 Å². The van der Waals surface area contributed by atoms with Crippen molar-refractivity contribution in [3.05, 3.63) is 5.28 Å². The van der Waals surface area contributed by atoms with E-state index in [1.54, 1.807) is 16.7 Å². The van der Waals surface area contributed by atoms with Gasteiger partial charge in [0, 0.05) is 19.3 Å². The SMILES string of the molecule is CC(C)Sc1nc(Cl)nc(N(C)C)n1. The Morgan fingerprint density at radius 1 is 1.21 bits per heavy atom. The van der Waals surface area contributed by atoms with Crippen LogP contribution in [0.1, 0.15) is 13.8 Å². The fourth-order valence-electron chi connectivity index (χ4n) is 0.786. The van der Waals surface area contributed by atoms with Crippen molar-refractivity contribution in [3.63, 3.8) is 0 Å². The standard InChI is InChI=1S/C8H13ClN4S/c1-5(2)14-8-11-6(9)10-7(12-8)13(3)4/h5H,1-4H3. The molecule has 1 heterocycles. The van der Waals surface area contributed by atoms with Crippen LogP contribution in [0, 0.1) is 0 Å². The number of nitrogens with zero attached hydrogens (tertiary/aromatic N) is 4. The zero-order valence-corrected chi connectivity index (χ0v) is 10.2. The van der Waals surface area contributed by atoms with Crippen molar-refractivity contribution in [3.8, 4) is 0 Å². The van der Waals surface area contributed by atoms with Gasteiger partial charge in [-0.05, 0) is 11.6 Å². The monoisotopic (exact) mass is 232 g/mol. The molecule has 1 aromatic rings. The predicted molar refractivity (Wildman–Crippen MR) is 60.2 cm³/mol. The molecule has 0 N–H and O–H groups in total. The molecule has 6 heteroatoms. The lowest BCUT2D eigenvalue weighted by atomic mass is 10.6. The Labute approximate surface area is 93.1 Å². The van der Waals surface area contributed by atoms with Crippen LogP contribution in [0.3, 0.4) is 0 Å². The van der Waals surface area contributed by atoms with Crippen molar-refractivity contribution in [2.45, 2.75) is 24.3 Å². The van der Waals surface area contributed by atoms with Crippen LogP contribution in [0.25, 0.3) is 0 Å². The second-order valence-electron chi connectivity index (χ2n) is 3.25. The summed E-state index contributed by atoms with van der Waals surface area (Å²) in [7, 11) is 3.74. The first kappa shape index (κ1) is 11.5. The Balaban J connectivity index is 2.95. The van der Waals surface area contributed by atoms with Gasteiger partial charge < -0.3 is 4.90 Å². The quantitative estimate of drug-likeness (QED) is 0.747. The number of halogens is 1. The van der Waals surface area contributed by atoms with Gasteiger partial charge in [0.1, 0.15) is 0 Å². The van der Waals surface area contributed by atoms with Crippen LogP contribution >= 0.6 is 23.4 Å². The lowest BCUT2D eigenvalue weighted by Crippen LogP contribution is -2.14. The minimum atomic E-state index is 0.242. The van der Waals surface area contributed by atoms with Gasteiger partial charge in [-0.15, -0.1) is 0 Å². The van der Waals surface area contributed by atoms with Gasteiger partial charge in [0.15, 0.2) is 5.16 Å². The van der Waals surface area contributed by atoms with E-state index >= 15 is 0 Å². The normalized spacial score (nSPS) is 10.7. The molecule has 0 saturated carbocycles. The number of hydrogen-bond donors (Lipinski definition) is 0. The maximum Gasteiger partial charge on any atom is 0.230 e. The highest BCUT2D eigenvalue weighted by molar-refractivity contribution is 7.99. The lowest BCUT2D eigenvalue weighted by molar-refractivity contribution is 0.861. The van der Waals surface area contributed by atoms with Gasteiger partial charge in [0.2, 0.25) is 11.2 Å². The Morgan fingerprint density at radius 2 is 1.86 bits per heavy atom. The molecule has 0 radical (unpaired) electrons. The van der Waals surface area contributed by atoms with Crippen LogP contribution in [0.2, 0.25) is 5.28 Å². The van der Waals surface area contributed by atoms with Crippen molar-refractivity contribution >= 4 is 29.3 Å². The highest BCUT2D eigenvalue weighted by Gasteiger charge is 2.08. The summed E-state index contributed by atoms with van der Waals surface area (Å²) in [6.07, 6.45) is 0. The summed E-state index contributed by atoms with van der Waals surface area (Å²) in [4.78, 5) is 14.1. The summed E-state index contributed by atoms with van der Waals surface area (Å²) < 4.78 is 0. The average Bonchev–Trinajstić information content (AvgIpc) is 2.01. The van der Waals surface area contributed by atoms with Crippen molar-refractivity contribution in [1.29, 1.82) is 0 Å². The summed E-state index contributed by atoms with van der Waals surface area (Å²) in [6, 6.07) is 0. The number of rotatable bonds is 3. The third-order valence-corrected chi connectivity index (χ3v) is 2.35. The first-order valence-corrected chi connectivity index (χ1v) is 5.50. The summed E-state index contributed by atoms with van der Waals surface area (Å²) in [5.41, 5.74) is 0. The third kappa shape index (κ3) is 3.31. The number of anilines is 1. The molecular weight excluding hydrogens is 220 g/mol. The molecule has 1 rings (SSSR count). The molecule has 1 aromatic heterocycles. The third-order valence-electron chi connectivity index (χ3n) is 1.32. The minimum absolute atomic E-state index is 0.242. The average molecular weight is 233 g/mol. The summed E-state index contributed by atoms with van der Waals surface area (Å²) >= 11 is 7.35. The molecule has 0 saturated heterocycles. The Bertz CT molecular complexity index is 316. The van der Waals surface area contributed by atoms with Gasteiger partial charge in [-0.25, -0.2) is 0 Å². The molecule has 14 heavy (non-hydrogen) atoms. The molecule has 0 amide bonds. The van der Waals surface area contributed by atoms with Crippen LogP contribution in [-0.2, 0) is 0 Å². The van der Waals surface area contributed by atoms with Crippen LogP contribution < -0.4 is 4.90 Å². The second-order valence-corrected chi connectivity index (χ2v) is 5.13. The van der Waals surface area contributed by atoms with Crippen LogP contribution in [0.5, 0.6) is 0 Å². The predicted octanol–water partition coefficient (Wildman–Crippen LogP) is 2.09. The van der Waals surface area contributed by atoms with E-state index in [4.69, 9.17) is 11.6 Å². The Morgan fingerprint density at radius 3 is 2.36 bits per heavy atom. The smallest absolute Gasteiger partial charge is 0.230 e. The maximum atomic E-state index is 5.78. The zero-order valence-electron chi connectivity index (χ0n) is 8.65. The summed E-state index contributed by atoms with van der Waals surface area (Å²) in [6.45, 7) is 4.16. The molecule has 0 spiro atoms. The lowest BCUT2D eigenvalue weighted by Gasteiger charge is -2.11. The van der Waals surface area contributed by atoms with Gasteiger partial charge in [0.05, 0.1) is 0 Å². The fourth-order valence-corrected chi connectivity index (χ4v) is 1.69. The molecule has 0 aliphatic heterocycles. The van der Waals surface area contributed by atoms with Gasteiger partial charge in [0.25, 0.3) is 0 Å². The number of aromatic nitrogens is 3. The van der Waals surface area contributed by atoms with E-state index in [9.17, 15) is 0 Å². The second kappa shape index (κ2) is 4.79. The van der Waals surface area contributed by atoms with E-state index in [1.165, 1.54) is 0 Å². The molecule has 78 valence electrons. The van der Waals surface area contributed by atoms with E-state index in [2.05, 4.69) is 28.8 Å². The summed E-state index contributed by atoms with van der Waals surface area (Å²) in [5.74, 6) is 0.591. The minimum Gasteiger partial charge on any atom is -0.347 e. The van der Waals surface area contributed by atoms with Crippen molar-refractivity contribution in [2.75, 3.05) is 19.0 Å². The Kier molecular flexibility index (Phi) is 3.95. The Hall–Kier alpha value is -0.550. The number of thioether (sulfide) groups is 1.